The molecule has 0 bridgehead atoms. The fraction of sp³-hybridized carbons (Fsp3) is 0.417. The van der Waals surface area contributed by atoms with Crippen LogP contribution >= 0.6 is 0 Å². The normalized spacial score (nSPS) is 10.9. The molecule has 0 aromatic heterocycles. The molecule has 17 heavy (non-hydrogen) atoms. The van der Waals surface area contributed by atoms with E-state index in [1.165, 1.54) is 17.0 Å². The minimum atomic E-state index is -0.949. The fourth-order valence-electron chi connectivity index (χ4n) is 1.65. The van der Waals surface area contributed by atoms with Gasteiger partial charge in [-0.3, -0.25) is 0 Å². The Hall–Kier alpha value is -1.74. The van der Waals surface area contributed by atoms with Crippen LogP contribution < -0.4 is 4.90 Å². The average molecular weight is 240 g/mol. The van der Waals surface area contributed by atoms with E-state index in [0.717, 1.165) is 6.07 Å². The zero-order chi connectivity index (χ0) is 13.2. The van der Waals surface area contributed by atoms with Gasteiger partial charge in [-0.1, -0.05) is 6.07 Å². The lowest BCUT2D eigenvalue weighted by Crippen LogP contribution is -2.22. The third-order valence-electron chi connectivity index (χ3n) is 2.50. The van der Waals surface area contributed by atoms with Crippen LogP contribution in [0.2, 0.25) is 0 Å². The second-order valence-corrected chi connectivity index (χ2v) is 4.41. The van der Waals surface area contributed by atoms with Crippen LogP contribution in [0.15, 0.2) is 17.1 Å². The van der Waals surface area contributed by atoms with E-state index in [2.05, 4.69) is 4.99 Å². The van der Waals surface area contributed by atoms with E-state index in [1.807, 2.05) is 0 Å². The van der Waals surface area contributed by atoms with Crippen molar-refractivity contribution in [2.24, 2.45) is 4.99 Å². The SMILES string of the molecule is CN(C)c1c(C(C)(C)N=C=O)ccc(F)c1F. The lowest BCUT2D eigenvalue weighted by atomic mass is 9.92. The molecule has 0 amide bonds. The number of rotatable bonds is 3. The van der Waals surface area contributed by atoms with E-state index < -0.39 is 17.2 Å². The summed E-state index contributed by atoms with van der Waals surface area (Å²) in [6.45, 7) is 3.27. The molecule has 0 radical (unpaired) electrons. The molecular formula is C12H14F2N2O. The quantitative estimate of drug-likeness (QED) is 0.601. The van der Waals surface area contributed by atoms with E-state index in [-0.39, 0.29) is 5.69 Å². The second kappa shape index (κ2) is 4.63. The smallest absolute Gasteiger partial charge is 0.235 e. The van der Waals surface area contributed by atoms with Crippen LogP contribution in [0.1, 0.15) is 19.4 Å². The third kappa shape index (κ3) is 2.50. The van der Waals surface area contributed by atoms with Crippen molar-refractivity contribution in [3.8, 4) is 0 Å². The van der Waals surface area contributed by atoms with Crippen molar-refractivity contribution in [1.82, 2.24) is 0 Å². The highest BCUT2D eigenvalue weighted by Gasteiger charge is 2.27. The molecule has 0 unspecified atom stereocenters. The van der Waals surface area contributed by atoms with Gasteiger partial charge in [-0.2, -0.15) is 4.99 Å². The largest absolute Gasteiger partial charge is 0.375 e. The summed E-state index contributed by atoms with van der Waals surface area (Å²) in [5.74, 6) is -1.87. The van der Waals surface area contributed by atoms with E-state index in [0.29, 0.717) is 5.56 Å². The summed E-state index contributed by atoms with van der Waals surface area (Å²) in [6.07, 6.45) is 1.45. The highest BCUT2D eigenvalue weighted by atomic mass is 19.2. The minimum Gasteiger partial charge on any atom is -0.375 e. The molecule has 1 aromatic rings. The van der Waals surface area contributed by atoms with Gasteiger partial charge in [0.2, 0.25) is 6.08 Å². The molecule has 0 N–H and O–H groups in total. The second-order valence-electron chi connectivity index (χ2n) is 4.41. The number of carbonyl (C=O) groups excluding carboxylic acids is 1. The van der Waals surface area contributed by atoms with E-state index >= 15 is 0 Å². The molecule has 0 atom stereocenters. The predicted molar refractivity (Wildman–Crippen MR) is 61.8 cm³/mol. The molecule has 1 aromatic carbocycles. The third-order valence-corrected chi connectivity index (χ3v) is 2.50. The Morgan fingerprint density at radius 1 is 1.29 bits per heavy atom. The number of anilines is 1. The molecule has 0 heterocycles. The molecule has 0 aliphatic carbocycles. The number of isocyanates is 1. The Bertz CT molecular complexity index is 478. The lowest BCUT2D eigenvalue weighted by molar-refractivity contribution is 0.491. The number of aliphatic imine (C=N–C) groups is 1. The van der Waals surface area contributed by atoms with Crippen LogP contribution in [-0.4, -0.2) is 20.2 Å². The molecule has 92 valence electrons. The first-order valence-corrected chi connectivity index (χ1v) is 5.06. The number of benzene rings is 1. The minimum absolute atomic E-state index is 0.0917. The van der Waals surface area contributed by atoms with Gasteiger partial charge in [0.05, 0.1) is 11.2 Å². The molecule has 5 heteroatoms. The van der Waals surface area contributed by atoms with Gasteiger partial charge in [-0.05, 0) is 19.9 Å². The Morgan fingerprint density at radius 3 is 2.35 bits per heavy atom. The van der Waals surface area contributed by atoms with Crippen molar-refractivity contribution < 1.29 is 13.6 Å². The van der Waals surface area contributed by atoms with Gasteiger partial charge < -0.3 is 4.90 Å². The van der Waals surface area contributed by atoms with Crippen LogP contribution in [0.3, 0.4) is 0 Å². The summed E-state index contributed by atoms with van der Waals surface area (Å²) in [6, 6.07) is 2.45. The number of nitrogens with zero attached hydrogens (tertiary/aromatic N) is 2. The average Bonchev–Trinajstić information content (AvgIpc) is 2.20. The fourth-order valence-corrected chi connectivity index (χ4v) is 1.65. The van der Waals surface area contributed by atoms with Crippen LogP contribution in [-0.2, 0) is 10.3 Å². The molecular weight excluding hydrogens is 226 g/mol. The predicted octanol–water partition coefficient (Wildman–Crippen LogP) is 2.60. The maximum Gasteiger partial charge on any atom is 0.235 e. The van der Waals surface area contributed by atoms with Crippen LogP contribution in [0.4, 0.5) is 14.5 Å². The van der Waals surface area contributed by atoms with Crippen LogP contribution in [0.5, 0.6) is 0 Å². The Kier molecular flexibility index (Phi) is 3.63. The van der Waals surface area contributed by atoms with Crippen LogP contribution in [0.25, 0.3) is 0 Å². The van der Waals surface area contributed by atoms with Crippen molar-refractivity contribution in [2.45, 2.75) is 19.4 Å². The summed E-state index contributed by atoms with van der Waals surface area (Å²) < 4.78 is 26.9. The van der Waals surface area contributed by atoms with Crippen molar-refractivity contribution in [2.75, 3.05) is 19.0 Å². The molecule has 3 nitrogen and oxygen atoms in total. The maximum atomic E-state index is 13.7. The molecule has 0 fully saturated rings. The van der Waals surface area contributed by atoms with Gasteiger partial charge in [-0.25, -0.2) is 13.6 Å². The highest BCUT2D eigenvalue weighted by molar-refractivity contribution is 5.57. The van der Waals surface area contributed by atoms with E-state index in [1.54, 1.807) is 27.9 Å². The van der Waals surface area contributed by atoms with Crippen LogP contribution in [0, 0.1) is 11.6 Å². The lowest BCUT2D eigenvalue weighted by Gasteiger charge is -2.26. The van der Waals surface area contributed by atoms with Crippen molar-refractivity contribution in [1.29, 1.82) is 0 Å². The van der Waals surface area contributed by atoms with Crippen molar-refractivity contribution in [3.05, 3.63) is 29.3 Å². The summed E-state index contributed by atoms with van der Waals surface area (Å²) >= 11 is 0. The van der Waals surface area contributed by atoms with Gasteiger partial charge in [0.1, 0.15) is 0 Å². The van der Waals surface area contributed by atoms with E-state index in [9.17, 15) is 13.6 Å². The Labute approximate surface area is 98.8 Å². The highest BCUT2D eigenvalue weighted by Crippen LogP contribution is 2.35. The van der Waals surface area contributed by atoms with Gasteiger partial charge in [0.25, 0.3) is 0 Å². The van der Waals surface area contributed by atoms with Gasteiger partial charge >= 0.3 is 0 Å². The first-order valence-electron chi connectivity index (χ1n) is 5.06. The van der Waals surface area contributed by atoms with Gasteiger partial charge in [0.15, 0.2) is 11.6 Å². The molecule has 1 rings (SSSR count). The van der Waals surface area contributed by atoms with Crippen molar-refractivity contribution in [3.63, 3.8) is 0 Å². The Morgan fingerprint density at radius 2 is 1.88 bits per heavy atom. The molecule has 0 saturated heterocycles. The number of halogens is 2. The van der Waals surface area contributed by atoms with Gasteiger partial charge in [-0.15, -0.1) is 0 Å². The summed E-state index contributed by atoms with van der Waals surface area (Å²) in [4.78, 5) is 15.4. The molecule has 0 saturated carbocycles. The van der Waals surface area contributed by atoms with Crippen molar-refractivity contribution >= 4 is 11.8 Å². The summed E-state index contributed by atoms with van der Waals surface area (Å²) in [5.41, 5.74) is -0.422. The first-order chi connectivity index (χ1) is 7.81. The standard InChI is InChI=1S/C12H14F2N2O/c1-12(2,15-7-17)8-5-6-9(13)10(14)11(8)16(3)4/h5-6H,1-4H3. The topological polar surface area (TPSA) is 32.7 Å². The van der Waals surface area contributed by atoms with E-state index in [4.69, 9.17) is 0 Å². The maximum absolute atomic E-state index is 13.7. The molecule has 0 aliphatic rings. The molecule has 0 aliphatic heterocycles. The summed E-state index contributed by atoms with van der Waals surface area (Å²) in [5, 5.41) is 0. The monoisotopic (exact) mass is 240 g/mol. The molecule has 0 spiro atoms. The number of hydrogen-bond acceptors (Lipinski definition) is 3. The summed E-state index contributed by atoms with van der Waals surface area (Å²) in [7, 11) is 3.20. The Balaban J connectivity index is 3.54. The zero-order valence-electron chi connectivity index (χ0n) is 10.2. The first kappa shape index (κ1) is 13.3. The number of hydrogen-bond donors (Lipinski definition) is 0. The zero-order valence-corrected chi connectivity index (χ0v) is 10.2. The van der Waals surface area contributed by atoms with Gasteiger partial charge in [0, 0.05) is 19.7 Å².